The van der Waals surface area contributed by atoms with Crippen LogP contribution < -0.4 is 69.2 Å². The summed E-state index contributed by atoms with van der Waals surface area (Å²) in [5.41, 5.74) is 2.61. The van der Waals surface area contributed by atoms with Gasteiger partial charge in [-0.15, -0.1) is 0 Å². The first-order valence-electron chi connectivity index (χ1n) is 2.29. The van der Waals surface area contributed by atoms with Crippen molar-refractivity contribution in [1.82, 2.24) is 10.4 Å². The Bertz CT molecular complexity index is 101. The molecule has 1 aliphatic rings. The number of hydrogen-bond acceptors (Lipinski definition) is 2. The van der Waals surface area contributed by atoms with Crippen LogP contribution in [0.2, 0.25) is 0 Å². The molecule has 1 rings (SSSR count). The van der Waals surface area contributed by atoms with E-state index in [4.69, 9.17) is 0 Å². The second-order valence-corrected chi connectivity index (χ2v) is 1.71. The summed E-state index contributed by atoms with van der Waals surface area (Å²) in [4.78, 5) is 10.3. The molecule has 0 aromatic heterocycles. The Balaban J connectivity index is 0. The van der Waals surface area contributed by atoms with E-state index in [0.717, 1.165) is 6.54 Å². The molecule has 0 aromatic carbocycles. The van der Waals surface area contributed by atoms with E-state index in [2.05, 4.69) is 5.43 Å². The van der Waals surface area contributed by atoms with Gasteiger partial charge in [0.25, 0.3) is 0 Å². The summed E-state index contributed by atoms with van der Waals surface area (Å²) < 4.78 is 0. The average molecular weight is 175 g/mol. The molecular weight excluding hydrogens is 167 g/mol. The summed E-state index contributed by atoms with van der Waals surface area (Å²) in [6.45, 7) is 0.846. The molecule has 0 atom stereocenters. The molecule has 9 heavy (non-hydrogen) atoms. The van der Waals surface area contributed by atoms with Crippen LogP contribution in [0.25, 0.3) is 0 Å². The van der Waals surface area contributed by atoms with Gasteiger partial charge in [0.05, 0.1) is 0 Å². The zero-order valence-corrected chi connectivity index (χ0v) is 9.53. The standard InChI is InChI=1S/C4H8N2O.ClH.K/c1-6-3-2-4(7)5-6;;/h2-3H2,1H3,(H,5,7);1H;/q;;+1/p-1. The molecule has 0 aliphatic carbocycles. The van der Waals surface area contributed by atoms with E-state index in [1.807, 2.05) is 7.05 Å². The van der Waals surface area contributed by atoms with Gasteiger partial charge in [0.15, 0.2) is 0 Å². The molecule has 1 aliphatic heterocycles. The summed E-state index contributed by atoms with van der Waals surface area (Å²) in [5.74, 6) is 0.127. The van der Waals surface area contributed by atoms with Crippen molar-refractivity contribution in [2.24, 2.45) is 0 Å². The molecule has 1 N–H and O–H groups in total. The second kappa shape index (κ2) is 6.09. The number of halogens is 1. The van der Waals surface area contributed by atoms with Gasteiger partial charge in [-0.05, 0) is 0 Å². The van der Waals surface area contributed by atoms with Crippen LogP contribution in [0, 0.1) is 0 Å². The van der Waals surface area contributed by atoms with Crippen LogP contribution in [0.4, 0.5) is 0 Å². The van der Waals surface area contributed by atoms with Crippen molar-refractivity contribution in [1.29, 1.82) is 0 Å². The number of hydrogen-bond donors (Lipinski definition) is 1. The maximum absolute atomic E-state index is 10.3. The van der Waals surface area contributed by atoms with Gasteiger partial charge in [0.2, 0.25) is 5.91 Å². The number of nitrogens with one attached hydrogen (secondary N) is 1. The van der Waals surface area contributed by atoms with Crippen molar-refractivity contribution in [2.75, 3.05) is 13.6 Å². The molecule has 1 fully saturated rings. The van der Waals surface area contributed by atoms with Crippen molar-refractivity contribution >= 4 is 5.91 Å². The van der Waals surface area contributed by atoms with Gasteiger partial charge in [-0.2, -0.15) is 0 Å². The van der Waals surface area contributed by atoms with Crippen LogP contribution in [-0.4, -0.2) is 24.5 Å². The van der Waals surface area contributed by atoms with E-state index in [1.165, 1.54) is 0 Å². The molecule has 0 aromatic rings. The third-order valence-electron chi connectivity index (χ3n) is 0.990. The smallest absolute Gasteiger partial charge is 1.00 e. The van der Waals surface area contributed by atoms with Gasteiger partial charge in [-0.1, -0.05) is 0 Å². The van der Waals surface area contributed by atoms with Crippen LogP contribution in [0.5, 0.6) is 0 Å². The van der Waals surface area contributed by atoms with Crippen molar-refractivity contribution in [3.05, 3.63) is 0 Å². The monoisotopic (exact) mass is 174 g/mol. The van der Waals surface area contributed by atoms with E-state index in [9.17, 15) is 4.79 Å². The maximum Gasteiger partial charge on any atom is 1.00 e. The molecule has 0 saturated carbocycles. The number of amides is 1. The van der Waals surface area contributed by atoms with Gasteiger partial charge in [-0.25, -0.2) is 5.01 Å². The predicted octanol–water partition coefficient (Wildman–Crippen LogP) is -6.64. The first-order valence-corrected chi connectivity index (χ1v) is 2.29. The third-order valence-corrected chi connectivity index (χ3v) is 0.990. The maximum atomic E-state index is 10.3. The Hall–Kier alpha value is 1.36. The minimum absolute atomic E-state index is 0. The molecule has 0 bridgehead atoms. The minimum atomic E-state index is 0. The van der Waals surface area contributed by atoms with E-state index < -0.39 is 0 Å². The molecule has 0 radical (unpaired) electrons. The zero-order chi connectivity index (χ0) is 5.28. The average Bonchev–Trinajstić information content (AvgIpc) is 1.87. The number of rotatable bonds is 0. The fraction of sp³-hybridized carbons (Fsp3) is 0.750. The fourth-order valence-corrected chi connectivity index (χ4v) is 0.594. The topological polar surface area (TPSA) is 32.3 Å². The zero-order valence-electron chi connectivity index (χ0n) is 5.65. The summed E-state index contributed by atoms with van der Waals surface area (Å²) in [5, 5.41) is 1.78. The summed E-state index contributed by atoms with van der Waals surface area (Å²) in [6, 6.07) is 0. The Morgan fingerprint density at radius 1 is 1.67 bits per heavy atom. The van der Waals surface area contributed by atoms with Crippen LogP contribution in [-0.2, 0) is 4.79 Å². The molecule has 1 heterocycles. The molecule has 0 spiro atoms. The van der Waals surface area contributed by atoms with Crippen molar-refractivity contribution in [3.8, 4) is 0 Å². The van der Waals surface area contributed by atoms with E-state index in [0.29, 0.717) is 6.42 Å². The summed E-state index contributed by atoms with van der Waals surface area (Å²) in [6.07, 6.45) is 0.649. The number of nitrogens with zero attached hydrogens (tertiary/aromatic N) is 1. The number of carbonyl (C=O) groups excluding carboxylic acids is 1. The molecule has 5 heteroatoms. The molecule has 0 unspecified atom stereocenters. The Morgan fingerprint density at radius 2 is 2.22 bits per heavy atom. The van der Waals surface area contributed by atoms with Gasteiger partial charge >= 0.3 is 51.4 Å². The van der Waals surface area contributed by atoms with E-state index >= 15 is 0 Å². The third kappa shape index (κ3) is 4.72. The Morgan fingerprint density at radius 3 is 2.33 bits per heavy atom. The SMILES string of the molecule is CN1CCC(=O)N1.[Cl-].[K+]. The Labute approximate surface area is 103 Å². The summed E-state index contributed by atoms with van der Waals surface area (Å²) >= 11 is 0. The Kier molecular flexibility index (Phi) is 8.79. The van der Waals surface area contributed by atoms with Gasteiger partial charge in [-0.3, -0.25) is 10.2 Å². The molecule has 1 amide bonds. The molecule has 3 nitrogen and oxygen atoms in total. The fourth-order valence-electron chi connectivity index (χ4n) is 0.594. The first-order chi connectivity index (χ1) is 3.29. The summed E-state index contributed by atoms with van der Waals surface area (Å²) in [7, 11) is 1.85. The predicted molar refractivity (Wildman–Crippen MR) is 25.4 cm³/mol. The molecule has 1 saturated heterocycles. The normalized spacial score (nSPS) is 17.7. The second-order valence-electron chi connectivity index (χ2n) is 1.71. The quantitative estimate of drug-likeness (QED) is 0.371. The van der Waals surface area contributed by atoms with Crippen LogP contribution in [0.3, 0.4) is 0 Å². The van der Waals surface area contributed by atoms with Crippen molar-refractivity contribution in [2.45, 2.75) is 6.42 Å². The van der Waals surface area contributed by atoms with Gasteiger partial charge in [0.1, 0.15) is 0 Å². The number of carbonyl (C=O) groups is 1. The van der Waals surface area contributed by atoms with Crippen LogP contribution in [0.15, 0.2) is 0 Å². The molecular formula is C4H8ClKN2O. The van der Waals surface area contributed by atoms with Crippen LogP contribution in [0.1, 0.15) is 6.42 Å². The first kappa shape index (κ1) is 13.0. The van der Waals surface area contributed by atoms with Crippen molar-refractivity contribution < 1.29 is 68.6 Å². The largest absolute Gasteiger partial charge is 1.00 e. The number of hydrazine groups is 1. The van der Waals surface area contributed by atoms with Gasteiger partial charge in [0, 0.05) is 20.0 Å². The van der Waals surface area contributed by atoms with Crippen LogP contribution >= 0.6 is 0 Å². The molecule has 48 valence electrons. The van der Waals surface area contributed by atoms with Gasteiger partial charge < -0.3 is 12.4 Å². The van der Waals surface area contributed by atoms with E-state index in [1.54, 1.807) is 5.01 Å². The van der Waals surface area contributed by atoms with Crippen molar-refractivity contribution in [3.63, 3.8) is 0 Å². The van der Waals surface area contributed by atoms with E-state index in [-0.39, 0.29) is 69.7 Å². The minimum Gasteiger partial charge on any atom is -1.00 e.